The number of likely N-dealkylation sites (tertiary alicyclic amines) is 1. The highest BCUT2D eigenvalue weighted by Gasteiger charge is 2.29. The van der Waals surface area contributed by atoms with Crippen molar-refractivity contribution in [3.63, 3.8) is 0 Å². The minimum absolute atomic E-state index is 0.0826. The summed E-state index contributed by atoms with van der Waals surface area (Å²) in [6.07, 6.45) is 3.08. The van der Waals surface area contributed by atoms with Gasteiger partial charge in [0.1, 0.15) is 0 Å². The first-order valence-electron chi connectivity index (χ1n) is 5.91. The molecule has 0 saturated carbocycles. The van der Waals surface area contributed by atoms with E-state index in [2.05, 4.69) is 24.8 Å². The van der Waals surface area contributed by atoms with Crippen LogP contribution in [-0.4, -0.2) is 37.7 Å². The Balaban J connectivity index is 2.13. The highest BCUT2D eigenvalue weighted by atomic mass is 16.5. The first kappa shape index (κ1) is 12.5. The molecule has 0 aromatic carbocycles. The maximum Gasteiger partial charge on any atom is 0.0687 e. The Morgan fingerprint density at radius 3 is 2.53 bits per heavy atom. The Labute approximate surface area is 93.0 Å². The van der Waals surface area contributed by atoms with E-state index in [0.29, 0.717) is 0 Å². The van der Waals surface area contributed by atoms with Gasteiger partial charge in [0.2, 0.25) is 0 Å². The van der Waals surface area contributed by atoms with Gasteiger partial charge >= 0.3 is 0 Å². The molecule has 1 aliphatic heterocycles. The molecule has 0 aromatic rings. The Morgan fingerprint density at radius 2 is 2.00 bits per heavy atom. The fraction of sp³-hybridized carbons (Fsp3) is 0.917. The second-order valence-corrected chi connectivity index (χ2v) is 4.63. The van der Waals surface area contributed by atoms with Crippen LogP contribution in [0.4, 0.5) is 0 Å². The summed E-state index contributed by atoms with van der Waals surface area (Å²) >= 11 is 0. The van der Waals surface area contributed by atoms with Gasteiger partial charge in [0, 0.05) is 13.2 Å². The molecule has 1 saturated heterocycles. The summed E-state index contributed by atoms with van der Waals surface area (Å²) in [4.78, 5) is 2.40. The van der Waals surface area contributed by atoms with Crippen molar-refractivity contribution in [2.24, 2.45) is 5.41 Å². The molecule has 0 bridgehead atoms. The standard InChI is InChI=1S/C12H22N2O/c1-3-9-15-10-8-14-6-4-12(2,11-13)5-7-14/h3-10H2,1-2H3. The van der Waals surface area contributed by atoms with Gasteiger partial charge in [-0.15, -0.1) is 0 Å². The quantitative estimate of drug-likeness (QED) is 0.651. The summed E-state index contributed by atoms with van der Waals surface area (Å²) in [5, 5.41) is 8.99. The topological polar surface area (TPSA) is 36.3 Å². The predicted molar refractivity (Wildman–Crippen MR) is 60.5 cm³/mol. The zero-order valence-corrected chi connectivity index (χ0v) is 9.96. The van der Waals surface area contributed by atoms with Crippen LogP contribution in [0.3, 0.4) is 0 Å². The van der Waals surface area contributed by atoms with E-state index in [1.165, 1.54) is 0 Å². The van der Waals surface area contributed by atoms with E-state index in [9.17, 15) is 0 Å². The SMILES string of the molecule is CCCOCCN1CCC(C)(C#N)CC1. The maximum absolute atomic E-state index is 8.99. The minimum atomic E-state index is -0.0826. The molecule has 1 rings (SSSR count). The van der Waals surface area contributed by atoms with Crippen LogP contribution in [0, 0.1) is 16.7 Å². The van der Waals surface area contributed by atoms with E-state index in [-0.39, 0.29) is 5.41 Å². The van der Waals surface area contributed by atoms with Crippen molar-refractivity contribution in [2.45, 2.75) is 33.1 Å². The molecule has 0 amide bonds. The van der Waals surface area contributed by atoms with Gasteiger partial charge in [-0.2, -0.15) is 5.26 Å². The van der Waals surface area contributed by atoms with Gasteiger partial charge < -0.3 is 9.64 Å². The van der Waals surface area contributed by atoms with Crippen LogP contribution in [0.2, 0.25) is 0 Å². The third kappa shape index (κ3) is 4.19. The number of nitriles is 1. The summed E-state index contributed by atoms with van der Waals surface area (Å²) in [7, 11) is 0. The third-order valence-electron chi connectivity index (χ3n) is 3.13. The van der Waals surface area contributed by atoms with Crippen LogP contribution in [-0.2, 0) is 4.74 Å². The molecule has 3 heteroatoms. The number of piperidine rings is 1. The Bertz CT molecular complexity index is 214. The Kier molecular flexibility index (Phi) is 5.07. The fourth-order valence-electron chi connectivity index (χ4n) is 1.82. The van der Waals surface area contributed by atoms with Gasteiger partial charge in [-0.1, -0.05) is 6.92 Å². The van der Waals surface area contributed by atoms with Crippen molar-refractivity contribution in [3.8, 4) is 6.07 Å². The fourth-order valence-corrected chi connectivity index (χ4v) is 1.82. The molecular weight excluding hydrogens is 188 g/mol. The van der Waals surface area contributed by atoms with Crippen molar-refractivity contribution in [1.82, 2.24) is 4.90 Å². The number of hydrogen-bond donors (Lipinski definition) is 0. The van der Waals surface area contributed by atoms with E-state index in [1.807, 2.05) is 0 Å². The molecule has 1 fully saturated rings. The van der Waals surface area contributed by atoms with E-state index >= 15 is 0 Å². The second kappa shape index (κ2) is 6.09. The second-order valence-electron chi connectivity index (χ2n) is 4.63. The van der Waals surface area contributed by atoms with Crippen molar-refractivity contribution in [2.75, 3.05) is 32.8 Å². The molecule has 0 spiro atoms. The van der Waals surface area contributed by atoms with Gasteiger partial charge in [0.25, 0.3) is 0 Å². The normalized spacial score (nSPS) is 21.1. The van der Waals surface area contributed by atoms with Crippen LogP contribution in [0.15, 0.2) is 0 Å². The molecule has 3 nitrogen and oxygen atoms in total. The number of rotatable bonds is 5. The Hall–Kier alpha value is -0.590. The zero-order valence-electron chi connectivity index (χ0n) is 9.96. The number of ether oxygens (including phenoxy) is 1. The predicted octanol–water partition coefficient (Wildman–Crippen LogP) is 2.04. The molecule has 0 unspecified atom stereocenters. The van der Waals surface area contributed by atoms with Crippen molar-refractivity contribution < 1.29 is 4.74 Å². The summed E-state index contributed by atoms with van der Waals surface area (Å²) < 4.78 is 5.46. The molecule has 1 aliphatic rings. The molecule has 0 radical (unpaired) electrons. The van der Waals surface area contributed by atoms with E-state index in [0.717, 1.165) is 52.1 Å². The number of hydrogen-bond acceptors (Lipinski definition) is 3. The summed E-state index contributed by atoms with van der Waals surface area (Å²) in [5.74, 6) is 0. The van der Waals surface area contributed by atoms with E-state index < -0.39 is 0 Å². The van der Waals surface area contributed by atoms with Gasteiger partial charge in [-0.25, -0.2) is 0 Å². The lowest BCUT2D eigenvalue weighted by atomic mass is 9.82. The molecule has 0 atom stereocenters. The molecule has 0 aromatic heterocycles. The summed E-state index contributed by atoms with van der Waals surface area (Å²) in [5.41, 5.74) is -0.0826. The Morgan fingerprint density at radius 1 is 1.33 bits per heavy atom. The zero-order chi connectivity index (χ0) is 11.1. The average Bonchev–Trinajstić information content (AvgIpc) is 2.27. The largest absolute Gasteiger partial charge is 0.380 e. The van der Waals surface area contributed by atoms with E-state index in [4.69, 9.17) is 10.00 Å². The molecule has 0 N–H and O–H groups in total. The van der Waals surface area contributed by atoms with Crippen LogP contribution in [0.5, 0.6) is 0 Å². The molecule has 86 valence electrons. The molecule has 15 heavy (non-hydrogen) atoms. The van der Waals surface area contributed by atoms with Crippen LogP contribution in [0.1, 0.15) is 33.1 Å². The lowest BCUT2D eigenvalue weighted by Crippen LogP contribution is -2.39. The highest BCUT2D eigenvalue weighted by Crippen LogP contribution is 2.29. The summed E-state index contributed by atoms with van der Waals surface area (Å²) in [6, 6.07) is 2.42. The monoisotopic (exact) mass is 210 g/mol. The molecule has 0 aliphatic carbocycles. The third-order valence-corrected chi connectivity index (χ3v) is 3.13. The van der Waals surface area contributed by atoms with Crippen molar-refractivity contribution in [1.29, 1.82) is 5.26 Å². The first-order valence-corrected chi connectivity index (χ1v) is 5.91. The van der Waals surface area contributed by atoms with Crippen molar-refractivity contribution >= 4 is 0 Å². The maximum atomic E-state index is 8.99. The van der Waals surface area contributed by atoms with Crippen LogP contribution < -0.4 is 0 Å². The molecular formula is C12H22N2O. The smallest absolute Gasteiger partial charge is 0.0687 e. The van der Waals surface area contributed by atoms with Crippen molar-refractivity contribution in [3.05, 3.63) is 0 Å². The lowest BCUT2D eigenvalue weighted by molar-refractivity contribution is 0.0817. The highest BCUT2D eigenvalue weighted by molar-refractivity contribution is 4.98. The lowest BCUT2D eigenvalue weighted by Gasteiger charge is -2.34. The number of nitrogens with zero attached hydrogens (tertiary/aromatic N) is 2. The average molecular weight is 210 g/mol. The van der Waals surface area contributed by atoms with Crippen LogP contribution >= 0.6 is 0 Å². The van der Waals surface area contributed by atoms with E-state index in [1.54, 1.807) is 0 Å². The van der Waals surface area contributed by atoms with Gasteiger partial charge in [-0.05, 0) is 39.3 Å². The van der Waals surface area contributed by atoms with Gasteiger partial charge in [0.15, 0.2) is 0 Å². The molecule has 1 heterocycles. The summed E-state index contributed by atoms with van der Waals surface area (Å²) in [6.45, 7) is 8.98. The minimum Gasteiger partial charge on any atom is -0.380 e. The van der Waals surface area contributed by atoms with Gasteiger partial charge in [-0.3, -0.25) is 0 Å². The van der Waals surface area contributed by atoms with Gasteiger partial charge in [0.05, 0.1) is 18.1 Å². The van der Waals surface area contributed by atoms with Crippen LogP contribution in [0.25, 0.3) is 0 Å². The first-order chi connectivity index (χ1) is 7.20.